The standard InChI is InChI=1S/C13H22N2/c1-13(2,3)10-15-12(14)9-11-7-5-4-6-8-11/h4-8,12,15H,9-10,14H2,1-3H3/t12-/m0/s1. The Bertz CT molecular complexity index is 274. The molecule has 1 atom stereocenters. The summed E-state index contributed by atoms with van der Waals surface area (Å²) in [5.41, 5.74) is 7.57. The summed E-state index contributed by atoms with van der Waals surface area (Å²) in [5, 5.41) is 3.35. The lowest BCUT2D eigenvalue weighted by atomic mass is 9.96. The molecule has 0 radical (unpaired) electrons. The van der Waals surface area contributed by atoms with Crippen molar-refractivity contribution in [2.75, 3.05) is 6.54 Å². The van der Waals surface area contributed by atoms with Crippen LogP contribution in [0.4, 0.5) is 0 Å². The molecule has 1 aromatic rings. The normalized spacial score (nSPS) is 13.9. The molecule has 3 N–H and O–H groups in total. The van der Waals surface area contributed by atoms with Gasteiger partial charge in [0, 0.05) is 13.0 Å². The summed E-state index contributed by atoms with van der Waals surface area (Å²) >= 11 is 0. The van der Waals surface area contributed by atoms with Crippen LogP contribution in [0.1, 0.15) is 26.3 Å². The van der Waals surface area contributed by atoms with Crippen LogP contribution in [0, 0.1) is 5.41 Å². The quantitative estimate of drug-likeness (QED) is 0.741. The summed E-state index contributed by atoms with van der Waals surface area (Å²) in [7, 11) is 0. The third-order valence-electron chi connectivity index (χ3n) is 2.19. The lowest BCUT2D eigenvalue weighted by molar-refractivity contribution is 0.351. The summed E-state index contributed by atoms with van der Waals surface area (Å²) in [4.78, 5) is 0. The van der Waals surface area contributed by atoms with Crippen molar-refractivity contribution in [1.82, 2.24) is 5.32 Å². The zero-order valence-electron chi connectivity index (χ0n) is 9.96. The number of nitrogens with two attached hydrogens (primary N) is 1. The topological polar surface area (TPSA) is 38.0 Å². The first-order valence-corrected chi connectivity index (χ1v) is 5.50. The summed E-state index contributed by atoms with van der Waals surface area (Å²) in [6.07, 6.45) is 0.934. The van der Waals surface area contributed by atoms with Crippen LogP contribution < -0.4 is 11.1 Å². The Morgan fingerprint density at radius 3 is 2.33 bits per heavy atom. The van der Waals surface area contributed by atoms with Gasteiger partial charge in [-0.1, -0.05) is 51.1 Å². The van der Waals surface area contributed by atoms with Crippen LogP contribution in [0.3, 0.4) is 0 Å². The number of hydrogen-bond acceptors (Lipinski definition) is 2. The molecular weight excluding hydrogens is 184 g/mol. The van der Waals surface area contributed by atoms with E-state index >= 15 is 0 Å². The molecule has 0 heterocycles. The van der Waals surface area contributed by atoms with E-state index in [1.165, 1.54) is 5.56 Å². The van der Waals surface area contributed by atoms with Crippen LogP contribution in [0.15, 0.2) is 30.3 Å². The molecule has 0 amide bonds. The predicted molar refractivity (Wildman–Crippen MR) is 65.6 cm³/mol. The van der Waals surface area contributed by atoms with E-state index in [-0.39, 0.29) is 11.6 Å². The minimum absolute atomic E-state index is 0.0478. The van der Waals surface area contributed by atoms with E-state index in [0.717, 1.165) is 13.0 Å². The van der Waals surface area contributed by atoms with Gasteiger partial charge in [-0.2, -0.15) is 0 Å². The van der Waals surface area contributed by atoms with Crippen molar-refractivity contribution in [3.8, 4) is 0 Å². The van der Waals surface area contributed by atoms with Gasteiger partial charge in [-0.25, -0.2) is 0 Å². The molecule has 0 spiro atoms. The van der Waals surface area contributed by atoms with Gasteiger partial charge in [0.25, 0.3) is 0 Å². The van der Waals surface area contributed by atoms with Crippen LogP contribution in [0.25, 0.3) is 0 Å². The van der Waals surface area contributed by atoms with E-state index in [1.807, 2.05) is 18.2 Å². The lowest BCUT2D eigenvalue weighted by Crippen LogP contribution is -2.43. The maximum absolute atomic E-state index is 6.00. The molecule has 0 aliphatic rings. The van der Waals surface area contributed by atoms with Crippen molar-refractivity contribution < 1.29 is 0 Å². The Balaban J connectivity index is 2.34. The second-order valence-electron chi connectivity index (χ2n) is 5.24. The van der Waals surface area contributed by atoms with Crippen molar-refractivity contribution in [2.24, 2.45) is 11.1 Å². The Kier molecular flexibility index (Phi) is 4.30. The third-order valence-corrected chi connectivity index (χ3v) is 2.19. The first-order chi connectivity index (χ1) is 6.97. The largest absolute Gasteiger partial charge is 0.316 e. The van der Waals surface area contributed by atoms with Gasteiger partial charge in [-0.05, 0) is 11.0 Å². The van der Waals surface area contributed by atoms with E-state index in [9.17, 15) is 0 Å². The first kappa shape index (κ1) is 12.2. The fraction of sp³-hybridized carbons (Fsp3) is 0.538. The molecule has 84 valence electrons. The van der Waals surface area contributed by atoms with Crippen LogP contribution in [0.5, 0.6) is 0 Å². The molecule has 0 bridgehead atoms. The number of benzene rings is 1. The van der Waals surface area contributed by atoms with E-state index in [2.05, 4.69) is 38.2 Å². The highest BCUT2D eigenvalue weighted by atomic mass is 15.0. The highest BCUT2D eigenvalue weighted by molar-refractivity contribution is 5.15. The Morgan fingerprint density at radius 2 is 1.80 bits per heavy atom. The van der Waals surface area contributed by atoms with E-state index < -0.39 is 0 Å². The summed E-state index contributed by atoms with van der Waals surface area (Å²) in [6, 6.07) is 10.3. The van der Waals surface area contributed by atoms with Gasteiger partial charge in [0.1, 0.15) is 0 Å². The lowest BCUT2D eigenvalue weighted by Gasteiger charge is -2.22. The number of nitrogens with one attached hydrogen (secondary N) is 1. The molecule has 1 aromatic carbocycles. The minimum atomic E-state index is 0.0478. The van der Waals surface area contributed by atoms with Crippen LogP contribution in [-0.2, 0) is 6.42 Å². The molecule has 2 heteroatoms. The Hall–Kier alpha value is -0.860. The summed E-state index contributed by atoms with van der Waals surface area (Å²) in [6.45, 7) is 7.56. The number of rotatable bonds is 4. The van der Waals surface area contributed by atoms with E-state index in [0.29, 0.717) is 0 Å². The maximum atomic E-state index is 6.00. The first-order valence-electron chi connectivity index (χ1n) is 5.50. The van der Waals surface area contributed by atoms with Crippen LogP contribution in [0.2, 0.25) is 0 Å². The van der Waals surface area contributed by atoms with Gasteiger partial charge in [0.2, 0.25) is 0 Å². The average Bonchev–Trinajstić information content (AvgIpc) is 2.15. The second-order valence-corrected chi connectivity index (χ2v) is 5.24. The van der Waals surface area contributed by atoms with Crippen molar-refractivity contribution in [2.45, 2.75) is 33.4 Å². The van der Waals surface area contributed by atoms with E-state index in [1.54, 1.807) is 0 Å². The van der Waals surface area contributed by atoms with Crippen molar-refractivity contribution >= 4 is 0 Å². The highest BCUT2D eigenvalue weighted by Gasteiger charge is 2.11. The molecule has 2 nitrogen and oxygen atoms in total. The van der Waals surface area contributed by atoms with Crippen molar-refractivity contribution in [3.05, 3.63) is 35.9 Å². The molecule has 0 saturated heterocycles. The van der Waals surface area contributed by atoms with Crippen LogP contribution in [-0.4, -0.2) is 12.7 Å². The van der Waals surface area contributed by atoms with E-state index in [4.69, 9.17) is 5.73 Å². The maximum Gasteiger partial charge on any atom is 0.0587 e. The monoisotopic (exact) mass is 206 g/mol. The molecule has 0 fully saturated rings. The smallest absolute Gasteiger partial charge is 0.0587 e. The fourth-order valence-electron chi connectivity index (χ4n) is 1.38. The van der Waals surface area contributed by atoms with Crippen molar-refractivity contribution in [1.29, 1.82) is 0 Å². The van der Waals surface area contributed by atoms with Crippen LogP contribution >= 0.6 is 0 Å². The van der Waals surface area contributed by atoms with Gasteiger partial charge in [-0.15, -0.1) is 0 Å². The van der Waals surface area contributed by atoms with Gasteiger partial charge in [-0.3, -0.25) is 0 Å². The van der Waals surface area contributed by atoms with Gasteiger partial charge in [0.05, 0.1) is 6.17 Å². The fourth-order valence-corrected chi connectivity index (χ4v) is 1.38. The molecular formula is C13H22N2. The summed E-state index contributed by atoms with van der Waals surface area (Å²) in [5.74, 6) is 0. The van der Waals surface area contributed by atoms with Gasteiger partial charge >= 0.3 is 0 Å². The Labute approximate surface area is 92.9 Å². The SMILES string of the molecule is CC(C)(C)CN[C@H](N)Cc1ccccc1. The molecule has 0 aliphatic carbocycles. The zero-order chi connectivity index (χ0) is 11.3. The zero-order valence-corrected chi connectivity index (χ0v) is 9.96. The minimum Gasteiger partial charge on any atom is -0.316 e. The summed E-state index contributed by atoms with van der Waals surface area (Å²) < 4.78 is 0. The molecule has 0 aromatic heterocycles. The van der Waals surface area contributed by atoms with Gasteiger partial charge < -0.3 is 11.1 Å². The predicted octanol–water partition coefficient (Wildman–Crippen LogP) is 2.15. The molecule has 0 aliphatic heterocycles. The van der Waals surface area contributed by atoms with Crippen molar-refractivity contribution in [3.63, 3.8) is 0 Å². The molecule has 1 rings (SSSR count). The van der Waals surface area contributed by atoms with Gasteiger partial charge in [0.15, 0.2) is 0 Å². The molecule has 0 unspecified atom stereocenters. The third kappa shape index (κ3) is 5.55. The second kappa shape index (κ2) is 5.29. The Morgan fingerprint density at radius 1 is 1.20 bits per heavy atom. The molecule has 0 saturated carbocycles. The number of hydrogen-bond donors (Lipinski definition) is 2. The highest BCUT2D eigenvalue weighted by Crippen LogP contribution is 2.10. The molecule has 15 heavy (non-hydrogen) atoms. The average molecular weight is 206 g/mol.